The van der Waals surface area contributed by atoms with Gasteiger partial charge in [0, 0.05) is 10.0 Å². The Morgan fingerprint density at radius 2 is 1.83 bits per heavy atom. The number of hydrogen-bond donors (Lipinski definition) is 1. The van der Waals surface area contributed by atoms with E-state index in [-0.39, 0.29) is 0 Å². The molecule has 18 heavy (non-hydrogen) atoms. The number of halogens is 1. The zero-order valence-corrected chi connectivity index (χ0v) is 13.0. The maximum atomic E-state index is 11.4. The first-order valence-corrected chi connectivity index (χ1v) is 6.71. The van der Waals surface area contributed by atoms with Crippen molar-refractivity contribution in [3.05, 3.63) is 26.7 Å². The monoisotopic (exact) mass is 314 g/mol. The van der Waals surface area contributed by atoms with Crippen LogP contribution in [-0.4, -0.2) is 18.2 Å². The molecule has 0 saturated heterocycles. The maximum Gasteiger partial charge on any atom is 0.311 e. The Balaban J connectivity index is 3.65. The summed E-state index contributed by atoms with van der Waals surface area (Å²) in [6.07, 6.45) is 0.543. The second kappa shape index (κ2) is 5.74. The van der Waals surface area contributed by atoms with Gasteiger partial charge in [0.2, 0.25) is 0 Å². The van der Waals surface area contributed by atoms with Crippen LogP contribution in [0.3, 0.4) is 0 Å². The van der Waals surface area contributed by atoms with Crippen molar-refractivity contribution < 1.29 is 14.6 Å². The number of carboxylic acids is 1. The smallest absolute Gasteiger partial charge is 0.311 e. The molecule has 1 aromatic rings. The van der Waals surface area contributed by atoms with Gasteiger partial charge in [0.15, 0.2) is 0 Å². The Labute approximate surface area is 116 Å². The number of hydrogen-bond acceptors (Lipinski definition) is 2. The molecular formula is C14H19BrO3. The number of ether oxygens (including phenoxy) is 1. The Kier molecular flexibility index (Phi) is 4.79. The van der Waals surface area contributed by atoms with Gasteiger partial charge in [0.25, 0.3) is 0 Å². The van der Waals surface area contributed by atoms with Crippen molar-refractivity contribution >= 4 is 21.9 Å². The fourth-order valence-electron chi connectivity index (χ4n) is 2.29. The van der Waals surface area contributed by atoms with Gasteiger partial charge in [-0.1, -0.05) is 22.9 Å². The van der Waals surface area contributed by atoms with Crippen LogP contribution in [0, 0.1) is 20.8 Å². The van der Waals surface area contributed by atoms with Crippen molar-refractivity contribution in [1.82, 2.24) is 0 Å². The van der Waals surface area contributed by atoms with Crippen molar-refractivity contribution in [2.45, 2.75) is 40.0 Å². The van der Waals surface area contributed by atoms with Gasteiger partial charge in [-0.2, -0.15) is 0 Å². The molecule has 1 aromatic carbocycles. The molecule has 1 N–H and O–H groups in total. The molecule has 0 amide bonds. The third-order valence-corrected chi connectivity index (χ3v) is 4.66. The quantitative estimate of drug-likeness (QED) is 0.915. The molecule has 3 nitrogen and oxygen atoms in total. The molecule has 0 saturated carbocycles. The molecule has 0 radical (unpaired) electrons. The number of carboxylic acid groups (broad SMARTS) is 1. The summed E-state index contributed by atoms with van der Waals surface area (Å²) in [6.45, 7) is 7.76. The molecule has 0 fully saturated rings. The molecule has 4 heteroatoms. The van der Waals surface area contributed by atoms with Gasteiger partial charge in [-0.15, -0.1) is 0 Å². The lowest BCUT2D eigenvalue weighted by atomic mass is 9.88. The van der Waals surface area contributed by atoms with E-state index in [4.69, 9.17) is 4.74 Å². The van der Waals surface area contributed by atoms with Crippen molar-refractivity contribution in [3.8, 4) is 5.75 Å². The minimum atomic E-state index is -0.811. The highest BCUT2D eigenvalue weighted by atomic mass is 79.9. The summed E-state index contributed by atoms with van der Waals surface area (Å²) in [5.41, 5.74) is 3.81. The summed E-state index contributed by atoms with van der Waals surface area (Å²) in [7, 11) is 1.59. The van der Waals surface area contributed by atoms with E-state index in [0.717, 1.165) is 26.7 Å². The minimum absolute atomic E-state index is 0.532. The van der Waals surface area contributed by atoms with Crippen LogP contribution in [0.15, 0.2) is 4.47 Å². The SMILES string of the molecule is CCC(C(=O)O)c1c(C)c(Br)c(C)c(C)c1OC. The summed E-state index contributed by atoms with van der Waals surface area (Å²) < 4.78 is 6.41. The molecule has 1 unspecified atom stereocenters. The van der Waals surface area contributed by atoms with E-state index >= 15 is 0 Å². The van der Waals surface area contributed by atoms with Crippen LogP contribution in [-0.2, 0) is 4.79 Å². The minimum Gasteiger partial charge on any atom is -0.496 e. The average Bonchev–Trinajstić information content (AvgIpc) is 2.33. The topological polar surface area (TPSA) is 46.5 Å². The van der Waals surface area contributed by atoms with Crippen LogP contribution in [0.2, 0.25) is 0 Å². The van der Waals surface area contributed by atoms with Gasteiger partial charge in [-0.05, 0) is 43.9 Å². The van der Waals surface area contributed by atoms with Gasteiger partial charge < -0.3 is 9.84 Å². The molecule has 1 atom stereocenters. The average molecular weight is 315 g/mol. The third-order valence-electron chi connectivity index (χ3n) is 3.47. The molecule has 0 aromatic heterocycles. The zero-order chi connectivity index (χ0) is 14.0. The van der Waals surface area contributed by atoms with Crippen LogP contribution in [0.1, 0.15) is 41.5 Å². The van der Waals surface area contributed by atoms with E-state index in [0.29, 0.717) is 12.2 Å². The molecular weight excluding hydrogens is 296 g/mol. The third kappa shape index (κ3) is 2.39. The summed E-state index contributed by atoms with van der Waals surface area (Å²) >= 11 is 3.54. The number of benzene rings is 1. The molecule has 0 bridgehead atoms. The molecule has 0 heterocycles. The Hall–Kier alpha value is -1.03. The van der Waals surface area contributed by atoms with Gasteiger partial charge in [0.1, 0.15) is 5.75 Å². The second-order valence-electron chi connectivity index (χ2n) is 4.43. The van der Waals surface area contributed by atoms with E-state index in [1.54, 1.807) is 7.11 Å². The zero-order valence-electron chi connectivity index (χ0n) is 11.4. The predicted molar refractivity (Wildman–Crippen MR) is 75.6 cm³/mol. The predicted octanol–water partition coefficient (Wildman–Crippen LogP) is 3.96. The van der Waals surface area contributed by atoms with Crippen molar-refractivity contribution in [2.24, 2.45) is 0 Å². The molecule has 0 aliphatic carbocycles. The first kappa shape index (κ1) is 15.0. The molecule has 0 aliphatic rings. The summed E-state index contributed by atoms with van der Waals surface area (Å²) in [6, 6.07) is 0. The number of rotatable bonds is 4. The number of methoxy groups -OCH3 is 1. The lowest BCUT2D eigenvalue weighted by Gasteiger charge is -2.22. The molecule has 100 valence electrons. The standard InChI is InChI=1S/C14H19BrO3/c1-6-10(14(16)17)11-9(4)12(15)7(2)8(3)13(11)18-5/h10H,6H2,1-5H3,(H,16,17). The number of carbonyl (C=O) groups is 1. The van der Waals surface area contributed by atoms with Crippen molar-refractivity contribution in [3.63, 3.8) is 0 Å². The van der Waals surface area contributed by atoms with E-state index in [9.17, 15) is 9.90 Å². The van der Waals surface area contributed by atoms with Crippen molar-refractivity contribution in [1.29, 1.82) is 0 Å². The Morgan fingerprint density at radius 1 is 1.28 bits per heavy atom. The Morgan fingerprint density at radius 3 is 2.22 bits per heavy atom. The summed E-state index contributed by atoms with van der Waals surface area (Å²) in [4.78, 5) is 11.4. The highest BCUT2D eigenvalue weighted by molar-refractivity contribution is 9.10. The molecule has 0 spiro atoms. The highest BCUT2D eigenvalue weighted by Gasteiger charge is 2.27. The van der Waals surface area contributed by atoms with Crippen LogP contribution in [0.4, 0.5) is 0 Å². The van der Waals surface area contributed by atoms with E-state index in [2.05, 4.69) is 15.9 Å². The fourth-order valence-corrected chi connectivity index (χ4v) is 2.80. The fraction of sp³-hybridized carbons (Fsp3) is 0.500. The van der Waals surface area contributed by atoms with Gasteiger partial charge in [-0.25, -0.2) is 0 Å². The van der Waals surface area contributed by atoms with Crippen LogP contribution in [0.25, 0.3) is 0 Å². The van der Waals surface area contributed by atoms with Gasteiger partial charge in [0.05, 0.1) is 13.0 Å². The van der Waals surface area contributed by atoms with Crippen LogP contribution >= 0.6 is 15.9 Å². The second-order valence-corrected chi connectivity index (χ2v) is 5.23. The molecule has 1 rings (SSSR count). The lowest BCUT2D eigenvalue weighted by molar-refractivity contribution is -0.138. The number of aliphatic carboxylic acids is 1. The van der Waals surface area contributed by atoms with Crippen molar-refractivity contribution in [2.75, 3.05) is 7.11 Å². The lowest BCUT2D eigenvalue weighted by Crippen LogP contribution is -2.15. The Bertz CT molecular complexity index is 481. The van der Waals surface area contributed by atoms with Gasteiger partial charge >= 0.3 is 5.97 Å². The normalized spacial score (nSPS) is 12.3. The van der Waals surface area contributed by atoms with E-state index in [1.165, 1.54) is 0 Å². The van der Waals surface area contributed by atoms with E-state index < -0.39 is 11.9 Å². The first-order valence-electron chi connectivity index (χ1n) is 5.92. The van der Waals surface area contributed by atoms with Crippen LogP contribution in [0.5, 0.6) is 5.75 Å². The summed E-state index contributed by atoms with van der Waals surface area (Å²) in [5, 5.41) is 9.35. The largest absolute Gasteiger partial charge is 0.496 e. The maximum absolute atomic E-state index is 11.4. The molecule has 0 aliphatic heterocycles. The van der Waals surface area contributed by atoms with Crippen LogP contribution < -0.4 is 4.74 Å². The first-order chi connectivity index (χ1) is 8.36. The van der Waals surface area contributed by atoms with Gasteiger partial charge in [-0.3, -0.25) is 4.79 Å². The highest BCUT2D eigenvalue weighted by Crippen LogP contribution is 2.41. The van der Waals surface area contributed by atoms with E-state index in [1.807, 2.05) is 27.7 Å². The summed E-state index contributed by atoms with van der Waals surface area (Å²) in [5.74, 6) is -0.646.